The summed E-state index contributed by atoms with van der Waals surface area (Å²) in [5, 5.41) is 18.4. The monoisotopic (exact) mass is 441 g/mol. The maximum absolute atomic E-state index is 12.4. The summed E-state index contributed by atoms with van der Waals surface area (Å²) in [6.07, 6.45) is -3.22. The van der Waals surface area contributed by atoms with Gasteiger partial charge in [0.05, 0.1) is 24.5 Å². The number of nitriles is 1. The summed E-state index contributed by atoms with van der Waals surface area (Å²) in [5.41, 5.74) is 1.51. The number of aromatic nitrogens is 3. The van der Waals surface area contributed by atoms with Crippen LogP contribution >= 0.6 is 0 Å². The lowest BCUT2D eigenvalue weighted by Gasteiger charge is -2.28. The van der Waals surface area contributed by atoms with Gasteiger partial charge in [-0.25, -0.2) is 0 Å². The molecule has 3 aromatic rings. The van der Waals surface area contributed by atoms with Crippen LogP contribution in [-0.2, 0) is 4.74 Å². The van der Waals surface area contributed by atoms with E-state index in [1.165, 1.54) is 24.3 Å². The molecule has 2 aromatic carbocycles. The van der Waals surface area contributed by atoms with Gasteiger partial charge < -0.3 is 14.4 Å². The maximum atomic E-state index is 12.4. The molecule has 2 heterocycles. The van der Waals surface area contributed by atoms with E-state index in [0.717, 1.165) is 5.69 Å². The van der Waals surface area contributed by atoms with E-state index in [1.54, 1.807) is 10.6 Å². The number of anilines is 1. The highest BCUT2D eigenvalue weighted by Gasteiger charge is 2.31. The lowest BCUT2D eigenvalue weighted by atomic mass is 10.1. The van der Waals surface area contributed by atoms with E-state index in [1.807, 2.05) is 35.2 Å². The highest BCUT2D eigenvalue weighted by atomic mass is 19.4. The normalized spacial score (nSPS) is 14.8. The van der Waals surface area contributed by atoms with E-state index in [-0.39, 0.29) is 11.3 Å². The first-order valence-corrected chi connectivity index (χ1v) is 9.76. The number of ether oxygens (including phenoxy) is 2. The number of allylic oxidation sites excluding steroid dienone is 1. The average Bonchev–Trinajstić information content (AvgIpc) is 3.24. The minimum Gasteiger partial charge on any atom is -0.406 e. The fourth-order valence-corrected chi connectivity index (χ4v) is 3.31. The van der Waals surface area contributed by atoms with Crippen LogP contribution in [-0.4, -0.2) is 47.4 Å². The lowest BCUT2D eigenvalue weighted by Crippen LogP contribution is -2.38. The van der Waals surface area contributed by atoms with Crippen LogP contribution in [0.2, 0.25) is 0 Å². The molecule has 1 saturated heterocycles. The number of hydrogen-bond donors (Lipinski definition) is 0. The predicted molar refractivity (Wildman–Crippen MR) is 111 cm³/mol. The van der Waals surface area contributed by atoms with Crippen molar-refractivity contribution in [3.8, 4) is 17.5 Å². The van der Waals surface area contributed by atoms with Crippen LogP contribution in [0.4, 0.5) is 19.1 Å². The van der Waals surface area contributed by atoms with Crippen LogP contribution in [0.3, 0.4) is 0 Å². The van der Waals surface area contributed by atoms with E-state index in [0.29, 0.717) is 43.6 Å². The second-order valence-corrected chi connectivity index (χ2v) is 6.88. The molecule has 0 amide bonds. The SMILES string of the molecule is N#C/C(=C\c1ccc(OC(F)(F)F)cc1)c1nnc(N2CCOCC2)n1-c1ccccc1. The van der Waals surface area contributed by atoms with Crippen LogP contribution in [0, 0.1) is 11.3 Å². The molecule has 0 N–H and O–H groups in total. The Bertz CT molecular complexity index is 1130. The van der Waals surface area contributed by atoms with Crippen molar-refractivity contribution in [2.24, 2.45) is 0 Å². The van der Waals surface area contributed by atoms with Crippen molar-refractivity contribution in [1.29, 1.82) is 5.26 Å². The Morgan fingerprint density at radius 2 is 1.72 bits per heavy atom. The molecule has 0 unspecified atom stereocenters. The molecule has 1 aliphatic rings. The Kier molecular flexibility index (Phi) is 6.09. The van der Waals surface area contributed by atoms with Gasteiger partial charge in [-0.3, -0.25) is 4.57 Å². The van der Waals surface area contributed by atoms with Gasteiger partial charge in [-0.2, -0.15) is 5.26 Å². The maximum Gasteiger partial charge on any atom is 0.573 e. The first kappa shape index (κ1) is 21.4. The van der Waals surface area contributed by atoms with Gasteiger partial charge in [0.1, 0.15) is 11.8 Å². The van der Waals surface area contributed by atoms with E-state index in [2.05, 4.69) is 21.0 Å². The summed E-state index contributed by atoms with van der Waals surface area (Å²) in [6.45, 7) is 2.39. The molecule has 0 spiro atoms. The summed E-state index contributed by atoms with van der Waals surface area (Å²) >= 11 is 0. The summed E-state index contributed by atoms with van der Waals surface area (Å²) in [5.74, 6) is 0.579. The topological polar surface area (TPSA) is 76.2 Å². The molecule has 0 saturated carbocycles. The second kappa shape index (κ2) is 9.11. The zero-order valence-corrected chi connectivity index (χ0v) is 16.8. The highest BCUT2D eigenvalue weighted by Crippen LogP contribution is 2.27. The second-order valence-electron chi connectivity index (χ2n) is 6.88. The molecule has 32 heavy (non-hydrogen) atoms. The van der Waals surface area contributed by atoms with Crippen molar-refractivity contribution < 1.29 is 22.6 Å². The Morgan fingerprint density at radius 1 is 1.03 bits per heavy atom. The molecule has 10 heteroatoms. The van der Waals surface area contributed by atoms with Crippen molar-refractivity contribution in [3.05, 3.63) is 66.0 Å². The molecule has 7 nitrogen and oxygen atoms in total. The summed E-state index contributed by atoms with van der Waals surface area (Å²) in [7, 11) is 0. The fraction of sp³-hybridized carbons (Fsp3) is 0.227. The molecule has 0 bridgehead atoms. The van der Waals surface area contributed by atoms with Gasteiger partial charge in [0, 0.05) is 13.1 Å². The van der Waals surface area contributed by atoms with Gasteiger partial charge in [0.2, 0.25) is 5.95 Å². The van der Waals surface area contributed by atoms with Crippen LogP contribution in [0.5, 0.6) is 5.75 Å². The van der Waals surface area contributed by atoms with Gasteiger partial charge in [0.25, 0.3) is 0 Å². The van der Waals surface area contributed by atoms with E-state index < -0.39 is 6.36 Å². The van der Waals surface area contributed by atoms with Gasteiger partial charge in [-0.1, -0.05) is 30.3 Å². The van der Waals surface area contributed by atoms with Crippen LogP contribution in [0.15, 0.2) is 54.6 Å². The van der Waals surface area contributed by atoms with Crippen LogP contribution in [0.1, 0.15) is 11.4 Å². The minimum atomic E-state index is -4.77. The Morgan fingerprint density at radius 3 is 2.34 bits per heavy atom. The van der Waals surface area contributed by atoms with Crippen molar-refractivity contribution in [1.82, 2.24) is 14.8 Å². The molecule has 4 rings (SSSR count). The average molecular weight is 441 g/mol. The summed E-state index contributed by atoms with van der Waals surface area (Å²) in [4.78, 5) is 2.03. The fourth-order valence-electron chi connectivity index (χ4n) is 3.31. The van der Waals surface area contributed by atoms with Crippen molar-refractivity contribution in [2.45, 2.75) is 6.36 Å². The largest absolute Gasteiger partial charge is 0.573 e. The molecule has 1 aromatic heterocycles. The Balaban J connectivity index is 1.72. The minimum absolute atomic E-state index is 0.213. The van der Waals surface area contributed by atoms with Crippen molar-refractivity contribution in [3.63, 3.8) is 0 Å². The molecule has 0 atom stereocenters. The zero-order valence-electron chi connectivity index (χ0n) is 16.8. The molecular formula is C22H18F3N5O2. The number of benzene rings is 2. The van der Waals surface area contributed by atoms with Crippen molar-refractivity contribution in [2.75, 3.05) is 31.2 Å². The lowest BCUT2D eigenvalue weighted by molar-refractivity contribution is -0.274. The molecule has 1 fully saturated rings. The smallest absolute Gasteiger partial charge is 0.406 e. The predicted octanol–water partition coefficient (Wildman–Crippen LogP) is 4.07. The molecular weight excluding hydrogens is 423 g/mol. The Labute approximate surface area is 181 Å². The number of morpholine rings is 1. The van der Waals surface area contributed by atoms with Gasteiger partial charge >= 0.3 is 6.36 Å². The molecule has 0 radical (unpaired) electrons. The zero-order chi connectivity index (χ0) is 22.6. The van der Waals surface area contributed by atoms with E-state index in [9.17, 15) is 18.4 Å². The quantitative estimate of drug-likeness (QED) is 0.556. The number of alkyl halides is 3. The van der Waals surface area contributed by atoms with Gasteiger partial charge in [-0.15, -0.1) is 23.4 Å². The van der Waals surface area contributed by atoms with E-state index in [4.69, 9.17) is 4.74 Å². The third-order valence-electron chi connectivity index (χ3n) is 4.74. The molecule has 164 valence electrons. The Hall–Kier alpha value is -3.84. The van der Waals surface area contributed by atoms with Crippen LogP contribution in [0.25, 0.3) is 17.3 Å². The first-order chi connectivity index (χ1) is 15.4. The number of halogens is 3. The van der Waals surface area contributed by atoms with Crippen LogP contribution < -0.4 is 9.64 Å². The van der Waals surface area contributed by atoms with Gasteiger partial charge in [-0.05, 0) is 35.9 Å². The number of nitrogens with zero attached hydrogens (tertiary/aromatic N) is 5. The summed E-state index contributed by atoms with van der Waals surface area (Å²) in [6, 6.07) is 16.8. The first-order valence-electron chi connectivity index (χ1n) is 9.76. The standard InChI is InChI=1S/C22H18F3N5O2/c23-22(24,25)32-19-8-6-16(7-9-19)14-17(15-26)20-27-28-21(29-10-12-31-13-11-29)30(20)18-4-2-1-3-5-18/h1-9,14H,10-13H2/b17-14+. The number of hydrogen-bond acceptors (Lipinski definition) is 6. The highest BCUT2D eigenvalue weighted by molar-refractivity contribution is 5.88. The van der Waals surface area contributed by atoms with Gasteiger partial charge in [0.15, 0.2) is 5.82 Å². The molecule has 1 aliphatic heterocycles. The molecule has 0 aliphatic carbocycles. The number of para-hydroxylation sites is 1. The van der Waals surface area contributed by atoms with Crippen molar-refractivity contribution >= 4 is 17.6 Å². The number of rotatable bonds is 5. The summed E-state index contributed by atoms with van der Waals surface area (Å²) < 4.78 is 48.3. The third kappa shape index (κ3) is 4.90. The van der Waals surface area contributed by atoms with E-state index >= 15 is 0 Å². The third-order valence-corrected chi connectivity index (χ3v) is 4.74.